The smallest absolute Gasteiger partial charge is 0.329 e. The number of rotatable bonds is 5. The van der Waals surface area contributed by atoms with Crippen molar-refractivity contribution in [3.63, 3.8) is 0 Å². The van der Waals surface area contributed by atoms with E-state index in [0.717, 1.165) is 45.9 Å². The third kappa shape index (κ3) is 3.70. The number of nitrogens with zero attached hydrogens (tertiary/aromatic N) is 4. The molecule has 3 aromatic heterocycles. The van der Waals surface area contributed by atoms with Crippen LogP contribution in [0.5, 0.6) is 0 Å². The van der Waals surface area contributed by atoms with Crippen molar-refractivity contribution in [3.8, 4) is 11.1 Å². The molecule has 0 atom stereocenters. The molecule has 34 heavy (non-hydrogen) atoms. The van der Waals surface area contributed by atoms with E-state index in [1.54, 1.807) is 37.3 Å². The van der Waals surface area contributed by atoms with E-state index in [1.807, 2.05) is 28.8 Å². The molecule has 0 saturated heterocycles. The van der Waals surface area contributed by atoms with Gasteiger partial charge in [0.25, 0.3) is 0 Å². The second kappa shape index (κ2) is 8.87. The van der Waals surface area contributed by atoms with Crippen molar-refractivity contribution < 1.29 is 5.11 Å². The van der Waals surface area contributed by atoms with Gasteiger partial charge in [-0.15, -0.1) is 0 Å². The average Bonchev–Trinajstić information content (AvgIpc) is 3.13. The van der Waals surface area contributed by atoms with Crippen LogP contribution in [0, 0.1) is 5.41 Å². The minimum Gasteiger partial charge on any atom is -0.393 e. The van der Waals surface area contributed by atoms with Crippen LogP contribution in [0.15, 0.2) is 53.7 Å². The van der Waals surface area contributed by atoms with E-state index < -0.39 is 0 Å². The van der Waals surface area contributed by atoms with Gasteiger partial charge >= 0.3 is 5.69 Å². The molecule has 1 saturated carbocycles. The largest absolute Gasteiger partial charge is 0.393 e. The fourth-order valence-corrected chi connectivity index (χ4v) is 4.94. The van der Waals surface area contributed by atoms with Crippen molar-refractivity contribution in [1.82, 2.24) is 24.4 Å². The quantitative estimate of drug-likeness (QED) is 0.397. The summed E-state index contributed by atoms with van der Waals surface area (Å²) in [6.07, 6.45) is 9.29. The fraction of sp³-hybridized carbons (Fsp3) is 0.308. The Kier molecular flexibility index (Phi) is 5.75. The number of fused-ring (bicyclic) bond motifs is 3. The Labute approximate surface area is 197 Å². The van der Waals surface area contributed by atoms with Crippen LogP contribution < -0.4 is 11.0 Å². The molecule has 0 amide bonds. The normalized spacial score (nSPS) is 19.0. The van der Waals surface area contributed by atoms with Crippen molar-refractivity contribution in [2.24, 2.45) is 7.05 Å². The maximum atomic E-state index is 13.2. The monoisotopic (exact) mass is 456 g/mol. The highest BCUT2D eigenvalue weighted by Crippen LogP contribution is 2.34. The minimum absolute atomic E-state index is 0.0439. The number of hydrogen-bond acceptors (Lipinski definition) is 6. The second-order valence-electron chi connectivity index (χ2n) is 8.86. The third-order valence-electron chi connectivity index (χ3n) is 6.79. The number of aryl methyl sites for hydroxylation is 1. The van der Waals surface area contributed by atoms with Gasteiger partial charge in [-0.25, -0.2) is 4.79 Å². The fourth-order valence-electron chi connectivity index (χ4n) is 4.94. The van der Waals surface area contributed by atoms with Crippen LogP contribution in [-0.2, 0) is 7.05 Å². The maximum absolute atomic E-state index is 13.2. The van der Waals surface area contributed by atoms with E-state index in [1.165, 1.54) is 6.21 Å². The minimum atomic E-state index is -0.279. The highest BCUT2D eigenvalue weighted by atomic mass is 16.3. The van der Waals surface area contributed by atoms with Crippen LogP contribution >= 0.6 is 0 Å². The number of pyridine rings is 2. The first kappa shape index (κ1) is 22.0. The van der Waals surface area contributed by atoms with Gasteiger partial charge in [-0.2, -0.15) is 0 Å². The van der Waals surface area contributed by atoms with Crippen LogP contribution in [0.4, 0.5) is 0 Å². The van der Waals surface area contributed by atoms with Gasteiger partial charge in [0.05, 0.1) is 34.5 Å². The standard InChI is InChI=1S/C26H28N6O2/c1-28-13-18(12-27)22-9-4-17(14-29-22)16-3-10-23-21(11-16)25-24(15-30-23)31(2)26(34)32(25)19-5-7-20(33)8-6-19/h3-4,9-15,19-20,27-28,33H,5-8H2,1-2H3/b18-13+,27-12?/t19-,20-. The Morgan fingerprint density at radius 2 is 1.88 bits per heavy atom. The molecule has 4 aromatic rings. The molecule has 1 aliphatic carbocycles. The lowest BCUT2D eigenvalue weighted by Gasteiger charge is -2.26. The SMILES string of the molecule is CN/C=C(\C=N)c1ccc(-c2ccc3ncc4c(c3c2)n([C@H]2CC[C@H](O)CC2)c(=O)n4C)cn1. The van der Waals surface area contributed by atoms with Crippen molar-refractivity contribution in [2.75, 3.05) is 7.05 Å². The molecule has 5 rings (SSSR count). The lowest BCUT2D eigenvalue weighted by Crippen LogP contribution is -2.29. The second-order valence-corrected chi connectivity index (χ2v) is 8.86. The summed E-state index contributed by atoms with van der Waals surface area (Å²) >= 11 is 0. The molecule has 1 aromatic carbocycles. The van der Waals surface area contributed by atoms with E-state index in [2.05, 4.69) is 21.4 Å². The van der Waals surface area contributed by atoms with Crippen LogP contribution in [-0.4, -0.2) is 43.6 Å². The van der Waals surface area contributed by atoms with E-state index in [9.17, 15) is 9.90 Å². The Morgan fingerprint density at radius 3 is 2.56 bits per heavy atom. The maximum Gasteiger partial charge on any atom is 0.329 e. The zero-order valence-corrected chi connectivity index (χ0v) is 19.3. The van der Waals surface area contributed by atoms with Gasteiger partial charge in [0.15, 0.2) is 0 Å². The van der Waals surface area contributed by atoms with Gasteiger partial charge in [-0.05, 0) is 49.4 Å². The van der Waals surface area contributed by atoms with Crippen molar-refractivity contribution in [3.05, 3.63) is 65.1 Å². The molecular weight excluding hydrogens is 428 g/mol. The van der Waals surface area contributed by atoms with E-state index in [0.29, 0.717) is 24.1 Å². The van der Waals surface area contributed by atoms with Gasteiger partial charge in [0.2, 0.25) is 0 Å². The van der Waals surface area contributed by atoms with Gasteiger partial charge < -0.3 is 15.8 Å². The number of aliphatic hydroxyl groups is 1. The Bertz CT molecular complexity index is 1460. The van der Waals surface area contributed by atoms with Crippen LogP contribution in [0.25, 0.3) is 38.6 Å². The summed E-state index contributed by atoms with van der Waals surface area (Å²) in [6.45, 7) is 0. The van der Waals surface area contributed by atoms with Gasteiger partial charge in [0.1, 0.15) is 0 Å². The molecule has 1 fully saturated rings. The van der Waals surface area contributed by atoms with Crippen molar-refractivity contribution in [2.45, 2.75) is 37.8 Å². The first-order valence-electron chi connectivity index (χ1n) is 11.5. The molecule has 1 aliphatic rings. The number of allylic oxidation sites excluding steroid dienone is 1. The van der Waals surface area contributed by atoms with Crippen LogP contribution in [0.3, 0.4) is 0 Å². The van der Waals surface area contributed by atoms with Crippen molar-refractivity contribution in [1.29, 1.82) is 5.41 Å². The summed E-state index contributed by atoms with van der Waals surface area (Å²) in [5, 5.41) is 21.4. The van der Waals surface area contributed by atoms with Crippen LogP contribution in [0.2, 0.25) is 0 Å². The lowest BCUT2D eigenvalue weighted by atomic mass is 9.92. The Morgan fingerprint density at radius 1 is 1.12 bits per heavy atom. The molecule has 0 spiro atoms. The summed E-state index contributed by atoms with van der Waals surface area (Å²) in [5.41, 5.74) is 5.84. The van der Waals surface area contributed by atoms with E-state index in [4.69, 9.17) is 5.41 Å². The molecule has 8 nitrogen and oxygen atoms in total. The number of nitrogens with one attached hydrogen (secondary N) is 2. The molecule has 0 unspecified atom stereocenters. The molecule has 174 valence electrons. The van der Waals surface area contributed by atoms with E-state index >= 15 is 0 Å². The summed E-state index contributed by atoms with van der Waals surface area (Å²) < 4.78 is 3.58. The number of benzene rings is 1. The summed E-state index contributed by atoms with van der Waals surface area (Å²) in [4.78, 5) is 22.4. The molecular formula is C26H28N6O2. The van der Waals surface area contributed by atoms with Crippen molar-refractivity contribution >= 4 is 33.7 Å². The van der Waals surface area contributed by atoms with Gasteiger partial charge in [-0.1, -0.05) is 12.1 Å². The van der Waals surface area contributed by atoms with Gasteiger partial charge in [-0.3, -0.25) is 19.1 Å². The highest BCUT2D eigenvalue weighted by Gasteiger charge is 2.26. The molecule has 0 aliphatic heterocycles. The van der Waals surface area contributed by atoms with Gasteiger partial charge in [0, 0.05) is 55.3 Å². The predicted molar refractivity (Wildman–Crippen MR) is 135 cm³/mol. The highest BCUT2D eigenvalue weighted by molar-refractivity contribution is 6.07. The first-order valence-corrected chi connectivity index (χ1v) is 11.5. The lowest BCUT2D eigenvalue weighted by molar-refractivity contribution is 0.111. The van der Waals surface area contributed by atoms with E-state index in [-0.39, 0.29) is 17.8 Å². The zero-order chi connectivity index (χ0) is 23.8. The molecule has 3 N–H and O–H groups in total. The molecule has 0 bridgehead atoms. The number of imidazole rings is 1. The molecule has 8 heteroatoms. The number of aromatic nitrogens is 4. The third-order valence-corrected chi connectivity index (χ3v) is 6.79. The molecule has 0 radical (unpaired) electrons. The topological polar surface area (TPSA) is 109 Å². The summed E-state index contributed by atoms with van der Waals surface area (Å²) in [5.74, 6) is 0. The summed E-state index contributed by atoms with van der Waals surface area (Å²) in [6, 6.07) is 10.0. The number of hydrogen-bond donors (Lipinski definition) is 3. The first-order chi connectivity index (χ1) is 16.5. The average molecular weight is 457 g/mol. The summed E-state index contributed by atoms with van der Waals surface area (Å²) in [7, 11) is 3.58. The van der Waals surface area contributed by atoms with Crippen LogP contribution in [0.1, 0.15) is 37.4 Å². The zero-order valence-electron chi connectivity index (χ0n) is 19.3. The Hall–Kier alpha value is -3.78. The predicted octanol–water partition coefficient (Wildman–Crippen LogP) is 3.64. The Balaban J connectivity index is 1.65. The number of aliphatic hydroxyl groups excluding tert-OH is 1. The molecule has 3 heterocycles.